The van der Waals surface area contributed by atoms with Crippen molar-refractivity contribution in [3.05, 3.63) is 29.3 Å². The van der Waals surface area contributed by atoms with Crippen molar-refractivity contribution in [3.8, 4) is 0 Å². The maximum Gasteiger partial charge on any atom is 0.191 e. The molecule has 2 N–H and O–H groups in total. The number of nitrogens with zero attached hydrogens (tertiary/aromatic N) is 2. The molecule has 1 heterocycles. The summed E-state index contributed by atoms with van der Waals surface area (Å²) in [5.74, 6) is 1.71. The van der Waals surface area contributed by atoms with Gasteiger partial charge in [-0.05, 0) is 37.0 Å². The molecule has 1 aliphatic carbocycles. The van der Waals surface area contributed by atoms with Crippen molar-refractivity contribution in [1.29, 1.82) is 0 Å². The molecule has 114 valence electrons. The molecule has 0 aromatic heterocycles. The molecule has 1 aliphatic heterocycles. The molecule has 0 spiro atoms. The Balaban J connectivity index is 1.54. The fourth-order valence-corrected chi connectivity index (χ4v) is 3.03. The van der Waals surface area contributed by atoms with Gasteiger partial charge in [-0.15, -0.1) is 0 Å². The molecule has 3 unspecified atom stereocenters. The predicted octanol–water partition coefficient (Wildman–Crippen LogP) is 2.49. The first kappa shape index (κ1) is 14.5. The highest BCUT2D eigenvalue weighted by Crippen LogP contribution is 2.29. The maximum absolute atomic E-state index is 6.07. The molecular weight excluding hydrogens is 284 g/mol. The van der Waals surface area contributed by atoms with E-state index in [1.807, 2.05) is 25.2 Å². The van der Waals surface area contributed by atoms with Crippen LogP contribution in [0.1, 0.15) is 19.8 Å². The monoisotopic (exact) mass is 306 g/mol. The lowest BCUT2D eigenvalue weighted by molar-refractivity contribution is 0.643. The molecule has 0 amide bonds. The van der Waals surface area contributed by atoms with Crippen LogP contribution in [0.2, 0.25) is 5.02 Å². The van der Waals surface area contributed by atoms with Gasteiger partial charge >= 0.3 is 0 Å². The van der Waals surface area contributed by atoms with E-state index < -0.39 is 0 Å². The number of guanidine groups is 1. The number of hydrogen-bond acceptors (Lipinski definition) is 2. The number of hydrogen-bond donors (Lipinski definition) is 2. The van der Waals surface area contributed by atoms with E-state index >= 15 is 0 Å². The first-order chi connectivity index (χ1) is 10.2. The summed E-state index contributed by atoms with van der Waals surface area (Å²) in [6, 6.07) is 9.11. The Morgan fingerprint density at radius 2 is 2.19 bits per heavy atom. The van der Waals surface area contributed by atoms with E-state index in [1.165, 1.54) is 12.1 Å². The van der Waals surface area contributed by atoms with E-state index in [2.05, 4.69) is 33.5 Å². The van der Waals surface area contributed by atoms with Gasteiger partial charge in [0.1, 0.15) is 0 Å². The van der Waals surface area contributed by atoms with Crippen molar-refractivity contribution in [2.45, 2.75) is 31.8 Å². The summed E-state index contributed by atoms with van der Waals surface area (Å²) in [5.41, 5.74) is 1.20. The molecule has 1 aromatic carbocycles. The Bertz CT molecular complexity index is 531. The van der Waals surface area contributed by atoms with Crippen LogP contribution in [-0.4, -0.2) is 38.2 Å². The highest BCUT2D eigenvalue weighted by Gasteiger charge is 2.34. The quantitative estimate of drug-likeness (QED) is 0.666. The summed E-state index contributed by atoms with van der Waals surface area (Å²) < 4.78 is 0. The molecule has 0 radical (unpaired) electrons. The Hall–Kier alpha value is -1.42. The van der Waals surface area contributed by atoms with E-state index in [-0.39, 0.29) is 0 Å². The third-order valence-electron chi connectivity index (χ3n) is 4.36. The number of rotatable bonds is 3. The summed E-state index contributed by atoms with van der Waals surface area (Å²) in [6.45, 7) is 4.30. The SMILES string of the molecule is CN=C(NC1CCN(c2cccc(Cl)c2)C1)NC1CC1C. The van der Waals surface area contributed by atoms with Crippen molar-refractivity contribution in [3.63, 3.8) is 0 Å². The molecule has 2 fully saturated rings. The smallest absolute Gasteiger partial charge is 0.191 e. The second-order valence-electron chi connectivity index (χ2n) is 6.09. The second-order valence-corrected chi connectivity index (χ2v) is 6.53. The van der Waals surface area contributed by atoms with E-state index in [1.54, 1.807) is 0 Å². The van der Waals surface area contributed by atoms with E-state index in [9.17, 15) is 0 Å². The van der Waals surface area contributed by atoms with Gasteiger partial charge in [-0.3, -0.25) is 4.99 Å². The zero-order chi connectivity index (χ0) is 14.8. The lowest BCUT2D eigenvalue weighted by atomic mass is 10.2. The molecular formula is C16H23ClN4. The Kier molecular flexibility index (Phi) is 4.24. The van der Waals surface area contributed by atoms with Gasteiger partial charge in [0.25, 0.3) is 0 Å². The largest absolute Gasteiger partial charge is 0.369 e. The van der Waals surface area contributed by atoms with Crippen molar-refractivity contribution < 1.29 is 0 Å². The van der Waals surface area contributed by atoms with Crippen molar-refractivity contribution >= 4 is 23.2 Å². The summed E-state index contributed by atoms with van der Waals surface area (Å²) in [4.78, 5) is 6.70. The molecule has 21 heavy (non-hydrogen) atoms. The summed E-state index contributed by atoms with van der Waals surface area (Å²) in [7, 11) is 1.84. The average molecular weight is 307 g/mol. The molecule has 3 rings (SSSR count). The lowest BCUT2D eigenvalue weighted by Crippen LogP contribution is -2.45. The average Bonchev–Trinajstić information content (AvgIpc) is 2.98. The summed E-state index contributed by atoms with van der Waals surface area (Å²) >= 11 is 6.07. The van der Waals surface area contributed by atoms with Crippen LogP contribution in [0.3, 0.4) is 0 Å². The minimum atomic E-state index is 0.434. The van der Waals surface area contributed by atoms with E-state index in [4.69, 9.17) is 11.6 Å². The van der Waals surface area contributed by atoms with Crippen LogP contribution in [0.15, 0.2) is 29.3 Å². The lowest BCUT2D eigenvalue weighted by Gasteiger charge is -2.20. The fraction of sp³-hybridized carbons (Fsp3) is 0.562. The van der Waals surface area contributed by atoms with E-state index in [0.717, 1.165) is 36.4 Å². The number of benzene rings is 1. The number of anilines is 1. The van der Waals surface area contributed by atoms with Crippen LogP contribution in [0.25, 0.3) is 0 Å². The van der Waals surface area contributed by atoms with Crippen LogP contribution < -0.4 is 15.5 Å². The summed E-state index contributed by atoms with van der Waals surface area (Å²) in [5, 5.41) is 7.81. The standard InChI is InChI=1S/C16H23ClN4/c1-11-8-15(11)20-16(18-2)19-13-6-7-21(10-13)14-5-3-4-12(17)9-14/h3-5,9,11,13,15H,6-8,10H2,1-2H3,(H2,18,19,20). The van der Waals surface area contributed by atoms with Crippen molar-refractivity contribution in [2.24, 2.45) is 10.9 Å². The molecule has 1 saturated heterocycles. The normalized spacial score (nSPS) is 28.6. The maximum atomic E-state index is 6.07. The highest BCUT2D eigenvalue weighted by molar-refractivity contribution is 6.30. The predicted molar refractivity (Wildman–Crippen MR) is 89.3 cm³/mol. The number of halogens is 1. The van der Waals surface area contributed by atoms with Gasteiger partial charge in [0.15, 0.2) is 5.96 Å². The highest BCUT2D eigenvalue weighted by atomic mass is 35.5. The van der Waals surface area contributed by atoms with Gasteiger partial charge in [-0.1, -0.05) is 24.6 Å². The van der Waals surface area contributed by atoms with Crippen LogP contribution >= 0.6 is 11.6 Å². The number of aliphatic imine (C=N–C) groups is 1. The third kappa shape index (κ3) is 3.62. The van der Waals surface area contributed by atoms with Crippen LogP contribution in [-0.2, 0) is 0 Å². The number of nitrogens with one attached hydrogen (secondary N) is 2. The topological polar surface area (TPSA) is 39.7 Å². The van der Waals surface area contributed by atoms with Crippen molar-refractivity contribution in [1.82, 2.24) is 10.6 Å². The Labute approximate surface area is 131 Å². The minimum absolute atomic E-state index is 0.434. The van der Waals surface area contributed by atoms with Gasteiger partial charge in [0.2, 0.25) is 0 Å². The molecule has 5 heteroatoms. The van der Waals surface area contributed by atoms with Crippen LogP contribution in [0.4, 0.5) is 5.69 Å². The van der Waals surface area contributed by atoms with Crippen LogP contribution in [0.5, 0.6) is 0 Å². The van der Waals surface area contributed by atoms with Crippen LogP contribution in [0, 0.1) is 5.92 Å². The second kappa shape index (κ2) is 6.14. The molecule has 3 atom stereocenters. The first-order valence-electron chi connectivity index (χ1n) is 7.66. The zero-order valence-electron chi connectivity index (χ0n) is 12.6. The van der Waals surface area contributed by atoms with Gasteiger partial charge in [-0.2, -0.15) is 0 Å². The fourth-order valence-electron chi connectivity index (χ4n) is 2.85. The Morgan fingerprint density at radius 1 is 1.38 bits per heavy atom. The molecule has 4 nitrogen and oxygen atoms in total. The van der Waals surface area contributed by atoms with Gasteiger partial charge in [-0.25, -0.2) is 0 Å². The molecule has 0 bridgehead atoms. The zero-order valence-corrected chi connectivity index (χ0v) is 13.4. The minimum Gasteiger partial charge on any atom is -0.369 e. The first-order valence-corrected chi connectivity index (χ1v) is 8.04. The van der Waals surface area contributed by atoms with E-state index in [0.29, 0.717) is 12.1 Å². The molecule has 1 aromatic rings. The van der Waals surface area contributed by atoms with Crippen molar-refractivity contribution in [2.75, 3.05) is 25.0 Å². The summed E-state index contributed by atoms with van der Waals surface area (Å²) in [6.07, 6.45) is 2.37. The molecule has 1 saturated carbocycles. The van der Waals surface area contributed by atoms with Gasteiger partial charge in [0, 0.05) is 42.9 Å². The Morgan fingerprint density at radius 3 is 2.86 bits per heavy atom. The third-order valence-corrected chi connectivity index (χ3v) is 4.59. The molecule has 2 aliphatic rings. The van der Waals surface area contributed by atoms with Gasteiger partial charge < -0.3 is 15.5 Å². The van der Waals surface area contributed by atoms with Gasteiger partial charge in [0.05, 0.1) is 0 Å².